The minimum atomic E-state index is -3.93. The molecule has 9 heteroatoms. The zero-order chi connectivity index (χ0) is 19.6. The predicted octanol–water partition coefficient (Wildman–Crippen LogP) is 4.50. The molecule has 7 nitrogen and oxygen atoms in total. The number of halogens is 1. The molecular formula is C18H19BrN2O5S. The molecular weight excluding hydrogens is 436 g/mol. The fourth-order valence-electron chi connectivity index (χ4n) is 2.56. The molecule has 0 fully saturated rings. The Kier molecular flexibility index (Phi) is 5.61. The Balaban J connectivity index is 2.05. The average molecular weight is 455 g/mol. The molecule has 0 aliphatic carbocycles. The first-order valence-electron chi connectivity index (χ1n) is 8.25. The van der Waals surface area contributed by atoms with Crippen LogP contribution in [0, 0.1) is 6.92 Å². The molecule has 0 aliphatic rings. The van der Waals surface area contributed by atoms with Crippen LogP contribution < -0.4 is 14.2 Å². The maximum absolute atomic E-state index is 13.1. The van der Waals surface area contributed by atoms with Gasteiger partial charge in [-0.2, -0.15) is 0 Å². The Hall–Kier alpha value is -2.26. The third-order valence-corrected chi connectivity index (χ3v) is 5.75. The Morgan fingerprint density at radius 3 is 2.70 bits per heavy atom. The van der Waals surface area contributed by atoms with E-state index in [1.807, 2.05) is 6.92 Å². The lowest BCUT2D eigenvalue weighted by Crippen LogP contribution is -2.15. The second kappa shape index (κ2) is 7.77. The minimum absolute atomic E-state index is 0.0366. The van der Waals surface area contributed by atoms with E-state index in [0.717, 1.165) is 6.42 Å². The van der Waals surface area contributed by atoms with E-state index >= 15 is 0 Å². The van der Waals surface area contributed by atoms with Gasteiger partial charge in [0.15, 0.2) is 5.58 Å². The van der Waals surface area contributed by atoms with E-state index in [4.69, 9.17) is 14.0 Å². The van der Waals surface area contributed by atoms with Crippen LogP contribution in [-0.4, -0.2) is 27.3 Å². The van der Waals surface area contributed by atoms with Gasteiger partial charge >= 0.3 is 0 Å². The van der Waals surface area contributed by atoms with Gasteiger partial charge in [0, 0.05) is 15.9 Å². The normalized spacial score (nSPS) is 11.6. The summed E-state index contributed by atoms with van der Waals surface area (Å²) in [5.74, 6) is 0.613. The molecule has 0 unspecified atom stereocenters. The summed E-state index contributed by atoms with van der Waals surface area (Å²) in [6.07, 6.45) is 0.764. The first-order chi connectivity index (χ1) is 12.9. The van der Waals surface area contributed by atoms with Gasteiger partial charge in [-0.15, -0.1) is 0 Å². The summed E-state index contributed by atoms with van der Waals surface area (Å²) in [5, 5.41) is 4.59. The number of benzene rings is 2. The number of aromatic nitrogens is 1. The van der Waals surface area contributed by atoms with E-state index in [2.05, 4.69) is 25.8 Å². The van der Waals surface area contributed by atoms with Crippen molar-refractivity contribution < 1.29 is 22.4 Å². The molecule has 0 atom stereocenters. The van der Waals surface area contributed by atoms with Crippen molar-refractivity contribution in [3.63, 3.8) is 0 Å². The van der Waals surface area contributed by atoms with E-state index < -0.39 is 10.0 Å². The van der Waals surface area contributed by atoms with E-state index in [0.29, 0.717) is 33.5 Å². The van der Waals surface area contributed by atoms with Crippen molar-refractivity contribution in [1.82, 2.24) is 5.16 Å². The number of sulfonamides is 1. The Morgan fingerprint density at radius 2 is 2.00 bits per heavy atom. The number of methoxy groups -OCH3 is 1. The fourth-order valence-corrected chi connectivity index (χ4v) is 4.30. The molecule has 0 radical (unpaired) electrons. The van der Waals surface area contributed by atoms with Crippen LogP contribution in [0.1, 0.15) is 19.0 Å². The highest BCUT2D eigenvalue weighted by atomic mass is 79.9. The molecule has 144 valence electrons. The van der Waals surface area contributed by atoms with Gasteiger partial charge in [-0.25, -0.2) is 8.42 Å². The standard InChI is InChI=1S/C18H19BrN2O5S/c1-4-7-25-15-6-5-12(19)8-18(15)27(22,23)21-14-9-13-11(2)20-26-16(13)10-17(14)24-3/h5-6,8-10,21H,4,7H2,1-3H3. The molecule has 0 aliphatic heterocycles. The van der Waals surface area contributed by atoms with Gasteiger partial charge in [-0.05, 0) is 37.6 Å². The first-order valence-corrected chi connectivity index (χ1v) is 10.5. The summed E-state index contributed by atoms with van der Waals surface area (Å²) >= 11 is 3.31. The zero-order valence-corrected chi connectivity index (χ0v) is 17.5. The molecule has 0 bridgehead atoms. The van der Waals surface area contributed by atoms with Crippen LogP contribution in [-0.2, 0) is 10.0 Å². The van der Waals surface area contributed by atoms with Crippen LogP contribution in [0.4, 0.5) is 5.69 Å². The Labute approximate surface area is 165 Å². The molecule has 0 saturated carbocycles. The summed E-state index contributed by atoms with van der Waals surface area (Å²) in [4.78, 5) is 0.0366. The predicted molar refractivity (Wildman–Crippen MR) is 106 cm³/mol. The van der Waals surface area contributed by atoms with Crippen molar-refractivity contribution >= 4 is 42.6 Å². The zero-order valence-electron chi connectivity index (χ0n) is 15.1. The van der Waals surface area contributed by atoms with Crippen LogP contribution >= 0.6 is 15.9 Å². The molecule has 2 aromatic carbocycles. The Morgan fingerprint density at radius 1 is 1.22 bits per heavy atom. The van der Waals surface area contributed by atoms with E-state index in [-0.39, 0.29) is 16.3 Å². The van der Waals surface area contributed by atoms with E-state index in [9.17, 15) is 8.42 Å². The number of hydrogen-bond donors (Lipinski definition) is 1. The number of nitrogens with zero attached hydrogens (tertiary/aromatic N) is 1. The topological polar surface area (TPSA) is 90.7 Å². The third kappa shape index (κ3) is 4.03. The number of hydrogen-bond acceptors (Lipinski definition) is 6. The molecule has 1 N–H and O–H groups in total. The third-order valence-electron chi connectivity index (χ3n) is 3.87. The number of anilines is 1. The molecule has 27 heavy (non-hydrogen) atoms. The van der Waals surface area contributed by atoms with Crippen LogP contribution in [0.2, 0.25) is 0 Å². The molecule has 1 aromatic heterocycles. The summed E-state index contributed by atoms with van der Waals surface area (Å²) < 4.78 is 45.4. The highest BCUT2D eigenvalue weighted by Crippen LogP contribution is 2.35. The molecule has 0 amide bonds. The van der Waals surface area contributed by atoms with Crippen LogP contribution in [0.5, 0.6) is 11.5 Å². The highest BCUT2D eigenvalue weighted by molar-refractivity contribution is 9.10. The number of rotatable bonds is 7. The fraction of sp³-hybridized carbons (Fsp3) is 0.278. The molecule has 1 heterocycles. The molecule has 0 spiro atoms. The minimum Gasteiger partial charge on any atom is -0.494 e. The molecule has 3 aromatic rings. The van der Waals surface area contributed by atoms with Gasteiger partial charge in [-0.3, -0.25) is 4.72 Å². The quantitative estimate of drug-likeness (QED) is 0.564. The van der Waals surface area contributed by atoms with Crippen LogP contribution in [0.15, 0.2) is 44.2 Å². The summed E-state index contributed by atoms with van der Waals surface area (Å²) in [6.45, 7) is 4.15. The lowest BCUT2D eigenvalue weighted by molar-refractivity contribution is 0.309. The molecule has 3 rings (SSSR count). The SMILES string of the molecule is CCCOc1ccc(Br)cc1S(=O)(=O)Nc1cc2c(C)noc2cc1OC. The van der Waals surface area contributed by atoms with Crippen molar-refractivity contribution in [1.29, 1.82) is 0 Å². The number of fused-ring (bicyclic) bond motifs is 1. The Bertz CT molecular complexity index is 1080. The van der Waals surface area contributed by atoms with Crippen LogP contribution in [0.25, 0.3) is 11.0 Å². The van der Waals surface area contributed by atoms with Gasteiger partial charge in [0.2, 0.25) is 0 Å². The van der Waals surface area contributed by atoms with Crippen molar-refractivity contribution in [2.24, 2.45) is 0 Å². The smallest absolute Gasteiger partial charge is 0.265 e. The first kappa shape index (κ1) is 19.5. The lowest BCUT2D eigenvalue weighted by Gasteiger charge is -2.15. The number of aryl methyl sites for hydroxylation is 1. The summed E-state index contributed by atoms with van der Waals surface area (Å²) in [7, 11) is -2.47. The van der Waals surface area contributed by atoms with E-state index in [1.165, 1.54) is 13.2 Å². The summed E-state index contributed by atoms with van der Waals surface area (Å²) in [6, 6.07) is 8.10. The largest absolute Gasteiger partial charge is 0.494 e. The van der Waals surface area contributed by atoms with Crippen LogP contribution in [0.3, 0.4) is 0 Å². The van der Waals surface area contributed by atoms with Gasteiger partial charge in [-0.1, -0.05) is 28.0 Å². The lowest BCUT2D eigenvalue weighted by atomic mass is 10.2. The average Bonchev–Trinajstić information content (AvgIpc) is 2.99. The van der Waals surface area contributed by atoms with Gasteiger partial charge in [0.05, 0.1) is 25.1 Å². The monoisotopic (exact) mass is 454 g/mol. The number of nitrogens with one attached hydrogen (secondary N) is 1. The van der Waals surface area contributed by atoms with Gasteiger partial charge in [0.25, 0.3) is 10.0 Å². The van der Waals surface area contributed by atoms with Gasteiger partial charge < -0.3 is 14.0 Å². The summed E-state index contributed by atoms with van der Waals surface area (Å²) in [5.41, 5.74) is 1.46. The van der Waals surface area contributed by atoms with E-state index in [1.54, 1.807) is 31.2 Å². The number of ether oxygens (including phenoxy) is 2. The highest BCUT2D eigenvalue weighted by Gasteiger charge is 2.23. The van der Waals surface area contributed by atoms with Crippen molar-refractivity contribution in [2.75, 3.05) is 18.4 Å². The second-order valence-electron chi connectivity index (χ2n) is 5.86. The maximum atomic E-state index is 13.1. The van der Waals surface area contributed by atoms with Crippen molar-refractivity contribution in [3.05, 3.63) is 40.5 Å². The maximum Gasteiger partial charge on any atom is 0.265 e. The second-order valence-corrected chi connectivity index (χ2v) is 8.43. The van der Waals surface area contributed by atoms with Crippen molar-refractivity contribution in [3.8, 4) is 11.5 Å². The van der Waals surface area contributed by atoms with Crippen molar-refractivity contribution in [2.45, 2.75) is 25.2 Å². The van der Waals surface area contributed by atoms with Gasteiger partial charge in [0.1, 0.15) is 16.4 Å². The molecule has 0 saturated heterocycles.